The second kappa shape index (κ2) is 5.28. The number of hydrogen-bond donors (Lipinski definition) is 0. The van der Waals surface area contributed by atoms with E-state index in [1.165, 1.54) is 5.39 Å². The van der Waals surface area contributed by atoms with Gasteiger partial charge in [0.2, 0.25) is 0 Å². The van der Waals surface area contributed by atoms with Gasteiger partial charge < -0.3 is 0 Å². The Balaban J connectivity index is 2.13. The van der Waals surface area contributed by atoms with E-state index in [1.807, 2.05) is 54.6 Å². The smallest absolute Gasteiger partial charge is 0.0788 e. The normalized spacial score (nSPS) is 11.2. The minimum Gasteiger partial charge on any atom is -0.247 e. The zero-order chi connectivity index (χ0) is 15.1. The molecule has 3 aromatic carbocycles. The van der Waals surface area contributed by atoms with Crippen molar-refractivity contribution >= 4 is 44.9 Å². The van der Waals surface area contributed by atoms with Gasteiger partial charge in [-0.2, -0.15) is 0 Å². The molecule has 0 atom stereocenters. The molecule has 106 valence electrons. The summed E-state index contributed by atoms with van der Waals surface area (Å²) in [5.41, 5.74) is 2.89. The van der Waals surface area contributed by atoms with Crippen molar-refractivity contribution in [1.29, 1.82) is 0 Å². The SMILES string of the molecule is Clc1ccc(-c2nc3cc(Cl)ccc3c3ccccc23)cc1. The van der Waals surface area contributed by atoms with Gasteiger partial charge in [0.15, 0.2) is 0 Å². The first-order valence-corrected chi connectivity index (χ1v) is 7.72. The summed E-state index contributed by atoms with van der Waals surface area (Å²) < 4.78 is 0. The summed E-state index contributed by atoms with van der Waals surface area (Å²) in [6.45, 7) is 0. The minimum absolute atomic E-state index is 0.692. The standard InChI is InChI=1S/C19H11Cl2N/c20-13-7-5-12(6-8-13)19-17-4-2-1-3-15(17)16-10-9-14(21)11-18(16)22-19/h1-11H. The van der Waals surface area contributed by atoms with Crippen molar-refractivity contribution in [1.82, 2.24) is 4.98 Å². The maximum atomic E-state index is 6.13. The number of pyridine rings is 1. The lowest BCUT2D eigenvalue weighted by molar-refractivity contribution is 1.43. The molecule has 0 saturated heterocycles. The van der Waals surface area contributed by atoms with E-state index >= 15 is 0 Å². The average molecular weight is 324 g/mol. The number of fused-ring (bicyclic) bond motifs is 3. The van der Waals surface area contributed by atoms with Gasteiger partial charge in [-0.25, -0.2) is 4.98 Å². The summed E-state index contributed by atoms with van der Waals surface area (Å²) in [5, 5.41) is 4.82. The molecule has 0 bridgehead atoms. The lowest BCUT2D eigenvalue weighted by atomic mass is 10.0. The fourth-order valence-corrected chi connectivity index (χ4v) is 3.05. The monoisotopic (exact) mass is 323 g/mol. The molecule has 0 spiro atoms. The van der Waals surface area contributed by atoms with Crippen molar-refractivity contribution in [3.63, 3.8) is 0 Å². The van der Waals surface area contributed by atoms with Crippen LogP contribution in [0.15, 0.2) is 66.7 Å². The molecule has 4 rings (SSSR count). The van der Waals surface area contributed by atoms with E-state index in [0.29, 0.717) is 5.02 Å². The van der Waals surface area contributed by atoms with Crippen LogP contribution < -0.4 is 0 Å². The fourth-order valence-electron chi connectivity index (χ4n) is 2.76. The van der Waals surface area contributed by atoms with Crippen LogP contribution in [0.1, 0.15) is 0 Å². The Hall–Kier alpha value is -2.09. The highest BCUT2D eigenvalue weighted by Gasteiger charge is 2.10. The van der Waals surface area contributed by atoms with Crippen LogP contribution in [-0.4, -0.2) is 4.98 Å². The van der Waals surface area contributed by atoms with Crippen molar-refractivity contribution < 1.29 is 0 Å². The number of hydrogen-bond acceptors (Lipinski definition) is 1. The van der Waals surface area contributed by atoms with E-state index in [4.69, 9.17) is 28.2 Å². The first-order valence-electron chi connectivity index (χ1n) is 6.96. The second-order valence-corrected chi connectivity index (χ2v) is 6.05. The van der Waals surface area contributed by atoms with E-state index in [2.05, 4.69) is 12.1 Å². The number of nitrogens with zero attached hydrogens (tertiary/aromatic N) is 1. The molecular formula is C19H11Cl2N. The maximum Gasteiger partial charge on any atom is 0.0788 e. The van der Waals surface area contributed by atoms with Gasteiger partial charge in [0.25, 0.3) is 0 Å². The number of benzene rings is 3. The third-order valence-corrected chi connectivity index (χ3v) is 4.27. The number of aromatic nitrogens is 1. The highest BCUT2D eigenvalue weighted by atomic mass is 35.5. The van der Waals surface area contributed by atoms with Crippen LogP contribution in [0.25, 0.3) is 32.9 Å². The van der Waals surface area contributed by atoms with Gasteiger partial charge in [0.1, 0.15) is 0 Å². The van der Waals surface area contributed by atoms with E-state index in [1.54, 1.807) is 0 Å². The summed E-state index contributed by atoms with van der Waals surface area (Å²) >= 11 is 12.1. The molecule has 4 aromatic rings. The minimum atomic E-state index is 0.692. The largest absolute Gasteiger partial charge is 0.247 e. The van der Waals surface area contributed by atoms with Crippen LogP contribution in [0.3, 0.4) is 0 Å². The summed E-state index contributed by atoms with van der Waals surface area (Å²) in [6.07, 6.45) is 0. The Morgan fingerprint density at radius 3 is 2.09 bits per heavy atom. The van der Waals surface area contributed by atoms with Gasteiger partial charge in [-0.1, -0.05) is 65.7 Å². The van der Waals surface area contributed by atoms with Crippen molar-refractivity contribution in [2.45, 2.75) is 0 Å². The van der Waals surface area contributed by atoms with Crippen LogP contribution >= 0.6 is 23.2 Å². The quantitative estimate of drug-likeness (QED) is 0.371. The summed E-state index contributed by atoms with van der Waals surface area (Å²) in [6, 6.07) is 21.9. The summed E-state index contributed by atoms with van der Waals surface area (Å²) in [4.78, 5) is 4.84. The van der Waals surface area contributed by atoms with Gasteiger partial charge >= 0.3 is 0 Å². The molecular weight excluding hydrogens is 313 g/mol. The van der Waals surface area contributed by atoms with E-state index < -0.39 is 0 Å². The predicted octanol–water partition coefficient (Wildman–Crippen LogP) is 6.36. The Labute approximate surface area is 138 Å². The van der Waals surface area contributed by atoms with E-state index in [9.17, 15) is 0 Å². The Bertz CT molecular complexity index is 991. The third-order valence-electron chi connectivity index (χ3n) is 3.78. The van der Waals surface area contributed by atoms with Crippen molar-refractivity contribution in [2.75, 3.05) is 0 Å². The van der Waals surface area contributed by atoms with E-state index in [-0.39, 0.29) is 0 Å². The summed E-state index contributed by atoms with van der Waals surface area (Å²) in [5.74, 6) is 0. The molecule has 0 fully saturated rings. The first-order chi connectivity index (χ1) is 10.7. The molecule has 0 saturated carbocycles. The predicted molar refractivity (Wildman–Crippen MR) is 94.7 cm³/mol. The average Bonchev–Trinajstić information content (AvgIpc) is 2.54. The zero-order valence-electron chi connectivity index (χ0n) is 11.6. The van der Waals surface area contributed by atoms with Crippen molar-refractivity contribution in [3.05, 3.63) is 76.8 Å². The molecule has 3 heteroatoms. The van der Waals surface area contributed by atoms with Crippen molar-refractivity contribution in [2.24, 2.45) is 0 Å². The number of rotatable bonds is 1. The fraction of sp³-hybridized carbons (Fsp3) is 0. The second-order valence-electron chi connectivity index (χ2n) is 5.17. The molecule has 1 heterocycles. The molecule has 22 heavy (non-hydrogen) atoms. The van der Waals surface area contributed by atoms with Crippen LogP contribution in [0.2, 0.25) is 10.0 Å². The van der Waals surface area contributed by atoms with Crippen LogP contribution in [-0.2, 0) is 0 Å². The molecule has 0 amide bonds. The molecule has 1 aromatic heterocycles. The third kappa shape index (κ3) is 2.23. The molecule has 0 radical (unpaired) electrons. The Kier molecular flexibility index (Phi) is 3.25. The summed E-state index contributed by atoms with van der Waals surface area (Å²) in [7, 11) is 0. The number of halogens is 2. The zero-order valence-corrected chi connectivity index (χ0v) is 13.1. The van der Waals surface area contributed by atoms with E-state index in [0.717, 1.165) is 32.6 Å². The molecule has 0 aliphatic heterocycles. The molecule has 0 unspecified atom stereocenters. The topological polar surface area (TPSA) is 12.9 Å². The van der Waals surface area contributed by atoms with Crippen LogP contribution in [0.4, 0.5) is 0 Å². The van der Waals surface area contributed by atoms with Gasteiger partial charge in [-0.15, -0.1) is 0 Å². The van der Waals surface area contributed by atoms with Gasteiger partial charge in [-0.3, -0.25) is 0 Å². The lowest BCUT2D eigenvalue weighted by Crippen LogP contribution is -1.89. The first kappa shape index (κ1) is 13.6. The van der Waals surface area contributed by atoms with Crippen LogP contribution in [0.5, 0.6) is 0 Å². The van der Waals surface area contributed by atoms with Crippen LogP contribution in [0, 0.1) is 0 Å². The van der Waals surface area contributed by atoms with Crippen molar-refractivity contribution in [3.8, 4) is 11.3 Å². The van der Waals surface area contributed by atoms with Gasteiger partial charge in [0.05, 0.1) is 11.2 Å². The molecule has 0 N–H and O–H groups in total. The molecule has 0 aliphatic carbocycles. The highest BCUT2D eigenvalue weighted by molar-refractivity contribution is 6.31. The Morgan fingerprint density at radius 2 is 1.32 bits per heavy atom. The Morgan fingerprint density at radius 1 is 0.636 bits per heavy atom. The van der Waals surface area contributed by atoms with Gasteiger partial charge in [-0.05, 0) is 29.7 Å². The molecule has 1 nitrogen and oxygen atoms in total. The lowest BCUT2D eigenvalue weighted by Gasteiger charge is -2.10. The molecule has 0 aliphatic rings. The maximum absolute atomic E-state index is 6.13. The van der Waals surface area contributed by atoms with Gasteiger partial charge in [0, 0.05) is 26.4 Å². The highest BCUT2D eigenvalue weighted by Crippen LogP contribution is 2.33.